The molecule has 0 atom stereocenters. The van der Waals surface area contributed by atoms with Gasteiger partial charge in [0.2, 0.25) is 10.0 Å². The molecular formula is C18H20N4O3S. The van der Waals surface area contributed by atoms with Crippen molar-refractivity contribution in [2.45, 2.75) is 31.7 Å². The summed E-state index contributed by atoms with van der Waals surface area (Å²) in [6, 6.07) is 9.95. The molecule has 1 amide bonds. The number of amides is 1. The van der Waals surface area contributed by atoms with Gasteiger partial charge in [-0.3, -0.25) is 9.20 Å². The minimum atomic E-state index is -3.72. The zero-order valence-corrected chi connectivity index (χ0v) is 15.4. The maximum absolute atomic E-state index is 12.7. The maximum atomic E-state index is 12.7. The molecule has 2 heterocycles. The van der Waals surface area contributed by atoms with Gasteiger partial charge in [-0.25, -0.2) is 18.5 Å². The highest BCUT2D eigenvalue weighted by molar-refractivity contribution is 7.89. The van der Waals surface area contributed by atoms with Crippen molar-refractivity contribution in [3.8, 4) is 0 Å². The van der Waals surface area contributed by atoms with Gasteiger partial charge in [-0.05, 0) is 48.7 Å². The van der Waals surface area contributed by atoms with Gasteiger partial charge >= 0.3 is 0 Å². The number of aromatic nitrogens is 2. The quantitative estimate of drug-likeness (QED) is 0.712. The number of nitrogens with one attached hydrogen (secondary N) is 1. The van der Waals surface area contributed by atoms with Crippen LogP contribution in [-0.4, -0.2) is 23.7 Å². The Kier molecular flexibility index (Phi) is 4.80. The summed E-state index contributed by atoms with van der Waals surface area (Å²) in [5, 5.41) is 7.94. The molecule has 0 aliphatic carbocycles. The van der Waals surface area contributed by atoms with E-state index in [1.165, 1.54) is 12.1 Å². The highest BCUT2D eigenvalue weighted by Gasteiger charge is 2.18. The van der Waals surface area contributed by atoms with E-state index in [9.17, 15) is 13.2 Å². The lowest BCUT2D eigenvalue weighted by Gasteiger charge is -2.08. The highest BCUT2D eigenvalue weighted by atomic mass is 32.2. The largest absolute Gasteiger partial charge is 0.347 e. The van der Waals surface area contributed by atoms with Crippen molar-refractivity contribution in [2.75, 3.05) is 0 Å². The molecule has 3 aromatic rings. The van der Waals surface area contributed by atoms with E-state index in [1.54, 1.807) is 16.5 Å². The molecular weight excluding hydrogens is 352 g/mol. The van der Waals surface area contributed by atoms with E-state index in [0.29, 0.717) is 12.1 Å². The van der Waals surface area contributed by atoms with Gasteiger partial charge in [0.1, 0.15) is 11.3 Å². The number of pyridine rings is 1. The van der Waals surface area contributed by atoms with E-state index in [2.05, 4.69) is 10.3 Å². The van der Waals surface area contributed by atoms with Crippen LogP contribution >= 0.6 is 0 Å². The number of nitrogens with zero attached hydrogens (tertiary/aromatic N) is 2. The summed E-state index contributed by atoms with van der Waals surface area (Å²) in [7, 11) is -3.72. The second-order valence-corrected chi connectivity index (χ2v) is 7.63. The zero-order valence-electron chi connectivity index (χ0n) is 14.6. The second-order valence-electron chi connectivity index (χ2n) is 6.06. The lowest BCUT2D eigenvalue weighted by atomic mass is 10.2. The summed E-state index contributed by atoms with van der Waals surface area (Å²) in [6.07, 6.45) is 2.49. The number of carbonyl (C=O) groups excluding carboxylic acids is 1. The molecule has 0 aliphatic rings. The van der Waals surface area contributed by atoms with Gasteiger partial charge in [-0.15, -0.1) is 0 Å². The summed E-state index contributed by atoms with van der Waals surface area (Å²) >= 11 is 0. The SMILES string of the molecule is CCc1nc2cc(C)ccn2c1C(=O)NCc1ccc(S(N)(=O)=O)cc1. The Bertz CT molecular complexity index is 1070. The lowest BCUT2D eigenvalue weighted by molar-refractivity contribution is 0.0944. The lowest BCUT2D eigenvalue weighted by Crippen LogP contribution is -2.25. The molecule has 1 aromatic carbocycles. The van der Waals surface area contributed by atoms with Gasteiger partial charge in [0, 0.05) is 12.7 Å². The summed E-state index contributed by atoms with van der Waals surface area (Å²) in [6.45, 7) is 4.20. The second kappa shape index (κ2) is 6.89. The first-order valence-electron chi connectivity index (χ1n) is 8.17. The molecule has 0 saturated heterocycles. The normalized spacial score (nSPS) is 11.7. The van der Waals surface area contributed by atoms with Gasteiger partial charge in [0.25, 0.3) is 5.91 Å². The molecule has 0 fully saturated rings. The predicted octanol–water partition coefficient (Wildman–Crippen LogP) is 1.78. The fraction of sp³-hybridized carbons (Fsp3) is 0.222. The van der Waals surface area contributed by atoms with Gasteiger partial charge in [0.15, 0.2) is 0 Å². The first-order valence-corrected chi connectivity index (χ1v) is 9.71. The van der Waals surface area contributed by atoms with Crippen LogP contribution in [0.25, 0.3) is 5.65 Å². The summed E-state index contributed by atoms with van der Waals surface area (Å²) in [5.74, 6) is -0.228. The van der Waals surface area contributed by atoms with E-state index in [4.69, 9.17) is 5.14 Å². The Morgan fingerprint density at radius 2 is 1.92 bits per heavy atom. The van der Waals surface area contributed by atoms with Gasteiger partial charge in [-0.1, -0.05) is 19.1 Å². The molecule has 7 nitrogen and oxygen atoms in total. The van der Waals surface area contributed by atoms with Crippen LogP contribution in [0.1, 0.15) is 34.2 Å². The predicted molar refractivity (Wildman–Crippen MR) is 98.3 cm³/mol. The van der Waals surface area contributed by atoms with Crippen LogP contribution in [0.3, 0.4) is 0 Å². The molecule has 136 valence electrons. The molecule has 0 aliphatic heterocycles. The van der Waals surface area contributed by atoms with Crippen LogP contribution < -0.4 is 10.5 Å². The van der Waals surface area contributed by atoms with Crippen molar-refractivity contribution in [2.24, 2.45) is 5.14 Å². The average Bonchev–Trinajstić information content (AvgIpc) is 2.97. The Morgan fingerprint density at radius 1 is 1.23 bits per heavy atom. The number of sulfonamides is 1. The van der Waals surface area contributed by atoms with Crippen molar-refractivity contribution < 1.29 is 13.2 Å². The fourth-order valence-corrected chi connectivity index (χ4v) is 3.26. The minimum absolute atomic E-state index is 0.0398. The molecule has 0 bridgehead atoms. The minimum Gasteiger partial charge on any atom is -0.347 e. The Hall–Kier alpha value is -2.71. The van der Waals surface area contributed by atoms with E-state index < -0.39 is 10.0 Å². The van der Waals surface area contributed by atoms with Gasteiger partial charge in [0.05, 0.1) is 10.6 Å². The number of fused-ring (bicyclic) bond motifs is 1. The molecule has 3 N–H and O–H groups in total. The van der Waals surface area contributed by atoms with Crippen molar-refractivity contribution in [1.82, 2.24) is 14.7 Å². The molecule has 0 saturated carbocycles. The monoisotopic (exact) mass is 372 g/mol. The Morgan fingerprint density at radius 3 is 2.54 bits per heavy atom. The van der Waals surface area contributed by atoms with Crippen LogP contribution in [0, 0.1) is 6.92 Å². The molecule has 3 rings (SSSR count). The highest BCUT2D eigenvalue weighted by Crippen LogP contribution is 2.15. The number of imidazole rings is 1. The number of hydrogen-bond acceptors (Lipinski definition) is 4. The molecule has 2 aromatic heterocycles. The maximum Gasteiger partial charge on any atom is 0.270 e. The first-order chi connectivity index (χ1) is 12.3. The molecule has 0 radical (unpaired) electrons. The third-order valence-corrected chi connectivity index (χ3v) is 5.04. The van der Waals surface area contributed by atoms with E-state index in [1.807, 2.05) is 32.2 Å². The van der Waals surface area contributed by atoms with Crippen LogP contribution in [0.15, 0.2) is 47.5 Å². The van der Waals surface area contributed by atoms with Gasteiger partial charge in [-0.2, -0.15) is 0 Å². The van der Waals surface area contributed by atoms with Crippen molar-refractivity contribution in [3.05, 3.63) is 65.1 Å². The Balaban J connectivity index is 1.81. The van der Waals surface area contributed by atoms with Crippen molar-refractivity contribution in [1.29, 1.82) is 0 Å². The molecule has 26 heavy (non-hydrogen) atoms. The van der Waals surface area contributed by atoms with Crippen molar-refractivity contribution in [3.63, 3.8) is 0 Å². The number of aryl methyl sites for hydroxylation is 2. The number of carbonyl (C=O) groups is 1. The van der Waals surface area contributed by atoms with Gasteiger partial charge < -0.3 is 5.32 Å². The topological polar surface area (TPSA) is 107 Å². The van der Waals surface area contributed by atoms with Crippen LogP contribution in [0.4, 0.5) is 0 Å². The number of benzene rings is 1. The number of primary sulfonamides is 1. The third kappa shape index (κ3) is 3.61. The molecule has 8 heteroatoms. The fourth-order valence-electron chi connectivity index (χ4n) is 2.75. The number of rotatable bonds is 5. The van der Waals surface area contributed by atoms with Crippen molar-refractivity contribution >= 4 is 21.6 Å². The number of hydrogen-bond donors (Lipinski definition) is 2. The summed E-state index contributed by atoms with van der Waals surface area (Å²) < 4.78 is 24.3. The zero-order chi connectivity index (χ0) is 18.9. The smallest absolute Gasteiger partial charge is 0.270 e. The Labute approximate surface area is 151 Å². The van der Waals surface area contributed by atoms with Crippen LogP contribution in [-0.2, 0) is 23.0 Å². The third-order valence-electron chi connectivity index (χ3n) is 4.11. The standard InChI is InChI=1S/C18H20N4O3S/c1-3-15-17(22-9-8-12(2)10-16(22)21-15)18(23)20-11-13-4-6-14(7-5-13)26(19,24)25/h4-10H,3,11H2,1-2H3,(H,20,23)(H2,19,24,25). The van der Waals surface area contributed by atoms with E-state index in [-0.39, 0.29) is 17.3 Å². The van der Waals surface area contributed by atoms with E-state index >= 15 is 0 Å². The molecule has 0 spiro atoms. The van der Waals surface area contributed by atoms with Crippen LogP contribution in [0.5, 0.6) is 0 Å². The first kappa shape index (κ1) is 18.1. The summed E-state index contributed by atoms with van der Waals surface area (Å²) in [5.41, 5.74) is 3.84. The van der Waals surface area contributed by atoms with Crippen LogP contribution in [0.2, 0.25) is 0 Å². The van der Waals surface area contributed by atoms with E-state index in [0.717, 1.165) is 22.5 Å². The summed E-state index contributed by atoms with van der Waals surface area (Å²) in [4.78, 5) is 17.3. The number of nitrogens with two attached hydrogens (primary N) is 1. The molecule has 0 unspecified atom stereocenters. The average molecular weight is 372 g/mol.